The van der Waals surface area contributed by atoms with Crippen LogP contribution in [-0.4, -0.2) is 30.5 Å². The maximum absolute atomic E-state index is 12.1. The van der Waals surface area contributed by atoms with Crippen LogP contribution in [0.3, 0.4) is 0 Å². The van der Waals surface area contributed by atoms with Crippen LogP contribution in [0.5, 0.6) is 5.75 Å². The Bertz CT molecular complexity index is 434. The van der Waals surface area contributed by atoms with Gasteiger partial charge in [0.2, 0.25) is 0 Å². The molecule has 0 aliphatic carbocycles. The molecule has 1 aliphatic rings. The molecule has 0 spiro atoms. The molecular weight excluding hydrogens is 240 g/mol. The van der Waals surface area contributed by atoms with E-state index < -0.39 is 0 Å². The number of ether oxygens (including phenoxy) is 1. The Hall–Kier alpha value is -1.71. The lowest BCUT2D eigenvalue weighted by Crippen LogP contribution is -2.35. The van der Waals surface area contributed by atoms with E-state index in [4.69, 9.17) is 10.5 Å². The highest BCUT2D eigenvalue weighted by atomic mass is 16.5. The van der Waals surface area contributed by atoms with Gasteiger partial charge >= 0.3 is 0 Å². The molecule has 1 saturated heterocycles. The van der Waals surface area contributed by atoms with E-state index in [0.717, 1.165) is 25.9 Å². The van der Waals surface area contributed by atoms with Crippen LogP contribution in [0.15, 0.2) is 24.3 Å². The van der Waals surface area contributed by atoms with Crippen LogP contribution in [0.1, 0.15) is 26.2 Å². The fourth-order valence-corrected chi connectivity index (χ4v) is 2.35. The van der Waals surface area contributed by atoms with Gasteiger partial charge in [-0.2, -0.15) is 0 Å². The van der Waals surface area contributed by atoms with E-state index in [1.54, 1.807) is 12.1 Å². The second kappa shape index (κ2) is 6.45. The van der Waals surface area contributed by atoms with Gasteiger partial charge in [0, 0.05) is 24.8 Å². The second-order valence-electron chi connectivity index (χ2n) is 5.28. The molecule has 0 bridgehead atoms. The molecule has 19 heavy (non-hydrogen) atoms. The summed E-state index contributed by atoms with van der Waals surface area (Å²) in [5, 5.41) is 0. The van der Waals surface area contributed by atoms with E-state index in [1.807, 2.05) is 17.0 Å². The number of nitrogens with zero attached hydrogens (tertiary/aromatic N) is 1. The Morgan fingerprint density at radius 2 is 2.26 bits per heavy atom. The number of anilines is 1. The zero-order valence-electron chi connectivity index (χ0n) is 11.5. The molecule has 4 nitrogen and oxygen atoms in total. The first kappa shape index (κ1) is 13.7. The number of rotatable bonds is 3. The molecule has 2 N–H and O–H groups in total. The number of nitrogen functional groups attached to an aromatic ring is 1. The summed E-state index contributed by atoms with van der Waals surface area (Å²) in [6.07, 6.45) is 3.38. The summed E-state index contributed by atoms with van der Waals surface area (Å²) in [7, 11) is 0. The van der Waals surface area contributed by atoms with Crippen LogP contribution >= 0.6 is 0 Å². The van der Waals surface area contributed by atoms with Gasteiger partial charge in [0.25, 0.3) is 5.91 Å². The lowest BCUT2D eigenvalue weighted by Gasteiger charge is -2.20. The minimum atomic E-state index is 0.0662. The van der Waals surface area contributed by atoms with E-state index >= 15 is 0 Å². The van der Waals surface area contributed by atoms with Gasteiger partial charge in [-0.15, -0.1) is 0 Å². The van der Waals surface area contributed by atoms with Gasteiger partial charge in [-0.3, -0.25) is 4.79 Å². The third-order valence-corrected chi connectivity index (χ3v) is 3.59. The third kappa shape index (κ3) is 4.16. The molecule has 1 unspecified atom stereocenters. The lowest BCUT2D eigenvalue weighted by molar-refractivity contribution is -0.133. The number of hydrogen-bond donors (Lipinski definition) is 1. The van der Waals surface area contributed by atoms with Crippen LogP contribution in [-0.2, 0) is 4.79 Å². The first-order valence-electron chi connectivity index (χ1n) is 6.91. The molecule has 1 heterocycles. The van der Waals surface area contributed by atoms with E-state index in [9.17, 15) is 4.79 Å². The van der Waals surface area contributed by atoms with E-state index in [1.165, 1.54) is 6.42 Å². The zero-order valence-corrected chi connectivity index (χ0v) is 11.5. The minimum absolute atomic E-state index is 0.0662. The summed E-state index contributed by atoms with van der Waals surface area (Å²) in [5.41, 5.74) is 6.32. The van der Waals surface area contributed by atoms with Gasteiger partial charge < -0.3 is 15.4 Å². The van der Waals surface area contributed by atoms with Gasteiger partial charge in [-0.1, -0.05) is 13.0 Å². The molecule has 0 radical (unpaired) electrons. The molecule has 104 valence electrons. The first-order valence-corrected chi connectivity index (χ1v) is 6.91. The molecule has 1 amide bonds. The van der Waals surface area contributed by atoms with Crippen LogP contribution in [0.25, 0.3) is 0 Å². The SMILES string of the molecule is CC1CCCN(C(=O)COc2cccc(N)c2)CC1. The van der Waals surface area contributed by atoms with Crippen LogP contribution in [0.4, 0.5) is 5.69 Å². The Morgan fingerprint density at radius 3 is 3.05 bits per heavy atom. The number of benzene rings is 1. The Labute approximate surface area is 114 Å². The average molecular weight is 262 g/mol. The lowest BCUT2D eigenvalue weighted by atomic mass is 10.0. The first-order chi connectivity index (χ1) is 9.15. The number of likely N-dealkylation sites (tertiary alicyclic amines) is 1. The number of carbonyl (C=O) groups excluding carboxylic acids is 1. The average Bonchev–Trinajstić information content (AvgIpc) is 2.61. The molecule has 1 aliphatic heterocycles. The largest absolute Gasteiger partial charge is 0.484 e. The Morgan fingerprint density at radius 1 is 1.42 bits per heavy atom. The van der Waals surface area contributed by atoms with E-state index in [0.29, 0.717) is 17.4 Å². The number of hydrogen-bond acceptors (Lipinski definition) is 3. The van der Waals surface area contributed by atoms with E-state index in [-0.39, 0.29) is 12.5 Å². The fraction of sp³-hybridized carbons (Fsp3) is 0.533. The van der Waals surface area contributed by atoms with Crippen molar-refractivity contribution in [3.8, 4) is 5.75 Å². The molecule has 2 rings (SSSR count). The number of amides is 1. The monoisotopic (exact) mass is 262 g/mol. The summed E-state index contributed by atoms with van der Waals surface area (Å²) in [6, 6.07) is 7.17. The van der Waals surface area contributed by atoms with Gasteiger partial charge in [0.05, 0.1) is 0 Å². The van der Waals surface area contributed by atoms with Gasteiger partial charge in [-0.05, 0) is 37.3 Å². The summed E-state index contributed by atoms with van der Waals surface area (Å²) in [5.74, 6) is 1.43. The fourth-order valence-electron chi connectivity index (χ4n) is 2.35. The van der Waals surface area contributed by atoms with Gasteiger partial charge in [0.1, 0.15) is 5.75 Å². The van der Waals surface area contributed by atoms with Crippen molar-refractivity contribution >= 4 is 11.6 Å². The molecule has 1 fully saturated rings. The summed E-state index contributed by atoms with van der Waals surface area (Å²) < 4.78 is 5.50. The van der Waals surface area contributed by atoms with Crippen molar-refractivity contribution in [2.24, 2.45) is 5.92 Å². The van der Waals surface area contributed by atoms with Crippen molar-refractivity contribution in [3.05, 3.63) is 24.3 Å². The summed E-state index contributed by atoms with van der Waals surface area (Å²) >= 11 is 0. The van der Waals surface area contributed by atoms with Crippen molar-refractivity contribution in [1.82, 2.24) is 4.90 Å². The smallest absolute Gasteiger partial charge is 0.260 e. The quantitative estimate of drug-likeness (QED) is 0.850. The molecular formula is C15H22N2O2. The van der Waals surface area contributed by atoms with E-state index in [2.05, 4.69) is 6.92 Å². The third-order valence-electron chi connectivity index (χ3n) is 3.59. The number of nitrogens with two attached hydrogens (primary N) is 1. The van der Waals surface area contributed by atoms with Crippen molar-refractivity contribution in [2.75, 3.05) is 25.4 Å². The topological polar surface area (TPSA) is 55.6 Å². The highest BCUT2D eigenvalue weighted by Gasteiger charge is 2.18. The van der Waals surface area contributed by atoms with Crippen LogP contribution in [0.2, 0.25) is 0 Å². The van der Waals surface area contributed by atoms with Crippen molar-refractivity contribution in [2.45, 2.75) is 26.2 Å². The van der Waals surface area contributed by atoms with Crippen molar-refractivity contribution < 1.29 is 9.53 Å². The predicted octanol–water partition coefficient (Wildman–Crippen LogP) is 2.30. The van der Waals surface area contributed by atoms with Crippen LogP contribution < -0.4 is 10.5 Å². The zero-order chi connectivity index (χ0) is 13.7. The number of carbonyl (C=O) groups is 1. The minimum Gasteiger partial charge on any atom is -0.484 e. The van der Waals surface area contributed by atoms with Crippen molar-refractivity contribution in [1.29, 1.82) is 0 Å². The highest BCUT2D eigenvalue weighted by Crippen LogP contribution is 2.17. The standard InChI is InChI=1S/C15H22N2O2/c1-12-4-3-8-17(9-7-12)15(18)11-19-14-6-2-5-13(16)10-14/h2,5-6,10,12H,3-4,7-9,11,16H2,1H3. The van der Waals surface area contributed by atoms with Crippen molar-refractivity contribution in [3.63, 3.8) is 0 Å². The molecule has 0 aromatic heterocycles. The van der Waals surface area contributed by atoms with Gasteiger partial charge in [-0.25, -0.2) is 0 Å². The summed E-state index contributed by atoms with van der Waals surface area (Å²) in [6.45, 7) is 4.04. The van der Waals surface area contributed by atoms with Crippen LogP contribution in [0, 0.1) is 5.92 Å². The normalized spacial score (nSPS) is 19.8. The second-order valence-corrected chi connectivity index (χ2v) is 5.28. The predicted molar refractivity (Wildman–Crippen MR) is 75.9 cm³/mol. The van der Waals surface area contributed by atoms with Gasteiger partial charge in [0.15, 0.2) is 6.61 Å². The molecule has 1 aromatic carbocycles. The summed E-state index contributed by atoms with van der Waals surface area (Å²) in [4.78, 5) is 14.0. The molecule has 1 atom stereocenters. The molecule has 1 aromatic rings. The molecule has 0 saturated carbocycles. The Balaban J connectivity index is 1.83. The molecule has 4 heteroatoms. The maximum atomic E-state index is 12.1. The Kier molecular flexibility index (Phi) is 4.66. The highest BCUT2D eigenvalue weighted by molar-refractivity contribution is 5.77. The maximum Gasteiger partial charge on any atom is 0.260 e.